The minimum atomic E-state index is -0.0808. The molecule has 2 heterocycles. The van der Waals surface area contributed by atoms with Gasteiger partial charge < -0.3 is 10.0 Å². The summed E-state index contributed by atoms with van der Waals surface area (Å²) in [7, 11) is 0. The summed E-state index contributed by atoms with van der Waals surface area (Å²) in [5.41, 5.74) is 1.35. The van der Waals surface area contributed by atoms with Crippen molar-refractivity contribution < 1.29 is 9.90 Å². The quantitative estimate of drug-likeness (QED) is 0.832. The van der Waals surface area contributed by atoms with Gasteiger partial charge in [0.2, 0.25) is 0 Å². The van der Waals surface area contributed by atoms with Crippen LogP contribution in [-0.4, -0.2) is 55.2 Å². The average Bonchev–Trinajstić information content (AvgIpc) is 2.95. The van der Waals surface area contributed by atoms with Crippen molar-refractivity contribution in [2.24, 2.45) is 0 Å². The summed E-state index contributed by atoms with van der Waals surface area (Å²) >= 11 is 0. The number of aromatic nitrogens is 4. The van der Waals surface area contributed by atoms with Gasteiger partial charge in [0.1, 0.15) is 6.33 Å². The van der Waals surface area contributed by atoms with E-state index in [1.165, 1.54) is 6.33 Å². The van der Waals surface area contributed by atoms with Crippen molar-refractivity contribution >= 4 is 11.7 Å². The molecule has 7 heteroatoms. The second-order valence-electron chi connectivity index (χ2n) is 4.41. The van der Waals surface area contributed by atoms with Crippen molar-refractivity contribution in [3.8, 4) is 0 Å². The molecule has 108 valence electrons. The minimum Gasteiger partial charge on any atom is -0.396 e. The van der Waals surface area contributed by atoms with E-state index in [1.54, 1.807) is 15.6 Å². The third-order valence-electron chi connectivity index (χ3n) is 3.23. The van der Waals surface area contributed by atoms with Crippen molar-refractivity contribution in [1.82, 2.24) is 24.5 Å². The van der Waals surface area contributed by atoms with E-state index in [9.17, 15) is 4.79 Å². The second-order valence-corrected chi connectivity index (χ2v) is 4.41. The van der Waals surface area contributed by atoms with Crippen LogP contribution in [0.5, 0.6) is 0 Å². The predicted octanol–water partition coefficient (Wildman–Crippen LogP) is 0.531. The van der Waals surface area contributed by atoms with Gasteiger partial charge >= 0.3 is 0 Å². The lowest BCUT2D eigenvalue weighted by atomic mass is 10.1. The number of aliphatic hydroxyl groups excluding tert-OH is 1. The van der Waals surface area contributed by atoms with Crippen molar-refractivity contribution in [2.45, 2.75) is 26.7 Å². The highest BCUT2D eigenvalue weighted by molar-refractivity contribution is 5.95. The summed E-state index contributed by atoms with van der Waals surface area (Å²) in [6.07, 6.45) is 4.23. The molecule has 0 spiro atoms. The molecule has 2 rings (SSSR count). The van der Waals surface area contributed by atoms with Gasteiger partial charge in [-0.25, -0.2) is 9.50 Å². The lowest BCUT2D eigenvalue weighted by Gasteiger charge is -2.21. The van der Waals surface area contributed by atoms with Crippen molar-refractivity contribution in [1.29, 1.82) is 0 Å². The molecule has 0 fully saturated rings. The molecule has 20 heavy (non-hydrogen) atoms. The third kappa shape index (κ3) is 2.62. The lowest BCUT2D eigenvalue weighted by molar-refractivity contribution is 0.0752. The predicted molar refractivity (Wildman–Crippen MR) is 73.4 cm³/mol. The Morgan fingerprint density at radius 2 is 2.20 bits per heavy atom. The maximum Gasteiger partial charge on any atom is 0.257 e. The summed E-state index contributed by atoms with van der Waals surface area (Å²) in [4.78, 5) is 22.5. The molecule has 2 aromatic rings. The van der Waals surface area contributed by atoms with Crippen LogP contribution in [-0.2, 0) is 6.42 Å². The molecule has 2 aromatic heterocycles. The largest absolute Gasteiger partial charge is 0.396 e. The molecule has 0 saturated carbocycles. The van der Waals surface area contributed by atoms with Crippen LogP contribution in [0.25, 0.3) is 5.78 Å². The molecule has 0 radical (unpaired) electrons. The fraction of sp³-hybridized carbons (Fsp3) is 0.538. The Bertz CT molecular complexity index is 595. The van der Waals surface area contributed by atoms with Gasteiger partial charge in [0.25, 0.3) is 11.7 Å². The summed E-state index contributed by atoms with van der Waals surface area (Å²) < 4.78 is 1.60. The number of amides is 1. The van der Waals surface area contributed by atoms with Gasteiger partial charge in [0.05, 0.1) is 11.3 Å². The Balaban J connectivity index is 2.37. The number of hydrogen-bond acceptors (Lipinski definition) is 5. The molecule has 0 bridgehead atoms. The van der Waals surface area contributed by atoms with Gasteiger partial charge in [0, 0.05) is 25.9 Å². The molecule has 7 nitrogen and oxygen atoms in total. The topological polar surface area (TPSA) is 83.6 Å². The maximum absolute atomic E-state index is 12.6. The molecule has 0 aliphatic carbocycles. The highest BCUT2D eigenvalue weighted by atomic mass is 16.3. The van der Waals surface area contributed by atoms with Crippen molar-refractivity contribution in [3.63, 3.8) is 0 Å². The first kappa shape index (κ1) is 14.4. The number of fused-ring (bicyclic) bond motifs is 1. The van der Waals surface area contributed by atoms with Crippen molar-refractivity contribution in [3.05, 3.63) is 23.8 Å². The number of carbonyl (C=O) groups excluding carboxylic acids is 1. The molecule has 0 atom stereocenters. The molecule has 1 amide bonds. The summed E-state index contributed by atoms with van der Waals surface area (Å²) in [6, 6.07) is 0. The van der Waals surface area contributed by atoms with E-state index in [0.29, 0.717) is 37.3 Å². The molecular formula is C13H19N5O2. The monoisotopic (exact) mass is 277 g/mol. The molecule has 0 unspecified atom stereocenters. The Kier molecular flexibility index (Phi) is 4.62. The molecule has 0 aliphatic rings. The Hall–Kier alpha value is -2.02. The van der Waals surface area contributed by atoms with E-state index in [0.717, 1.165) is 5.69 Å². The highest BCUT2D eigenvalue weighted by Crippen LogP contribution is 2.13. The van der Waals surface area contributed by atoms with Gasteiger partial charge in [-0.2, -0.15) is 10.1 Å². The van der Waals surface area contributed by atoms with Gasteiger partial charge in [-0.3, -0.25) is 4.79 Å². The van der Waals surface area contributed by atoms with E-state index in [-0.39, 0.29) is 12.5 Å². The van der Waals surface area contributed by atoms with E-state index in [4.69, 9.17) is 5.11 Å². The third-order valence-corrected chi connectivity index (χ3v) is 3.23. The maximum atomic E-state index is 12.6. The standard InChI is InChI=1S/C13H19N5O2/c1-3-11-10(8-14-13-15-9-16-18(11)13)12(20)17(4-2)6-5-7-19/h8-9,19H,3-7H2,1-2H3. The van der Waals surface area contributed by atoms with Crippen LogP contribution in [0.3, 0.4) is 0 Å². The first-order chi connectivity index (χ1) is 9.72. The average molecular weight is 277 g/mol. The molecule has 0 aromatic carbocycles. The smallest absolute Gasteiger partial charge is 0.257 e. The SMILES string of the molecule is CCc1c(C(=O)N(CC)CCCO)cnc2ncnn12. The van der Waals surface area contributed by atoms with Crippen LogP contribution in [0.4, 0.5) is 0 Å². The Labute approximate surface area is 117 Å². The first-order valence-electron chi connectivity index (χ1n) is 6.80. The summed E-state index contributed by atoms with van der Waals surface area (Å²) in [5.74, 6) is 0.416. The second kappa shape index (κ2) is 6.42. The van der Waals surface area contributed by atoms with E-state index in [1.807, 2.05) is 13.8 Å². The first-order valence-corrected chi connectivity index (χ1v) is 6.80. The number of aliphatic hydroxyl groups is 1. The van der Waals surface area contributed by atoms with Gasteiger partial charge in [0.15, 0.2) is 0 Å². The van der Waals surface area contributed by atoms with Crippen LogP contribution in [0.2, 0.25) is 0 Å². The molecule has 0 saturated heterocycles. The molecular weight excluding hydrogens is 258 g/mol. The highest BCUT2D eigenvalue weighted by Gasteiger charge is 2.20. The zero-order valence-electron chi connectivity index (χ0n) is 11.8. The Morgan fingerprint density at radius 3 is 2.85 bits per heavy atom. The van der Waals surface area contributed by atoms with Crippen LogP contribution < -0.4 is 0 Å². The number of hydrogen-bond donors (Lipinski definition) is 1. The van der Waals surface area contributed by atoms with Crippen LogP contribution >= 0.6 is 0 Å². The van der Waals surface area contributed by atoms with Crippen LogP contribution in [0.15, 0.2) is 12.5 Å². The van der Waals surface area contributed by atoms with Gasteiger partial charge in [-0.1, -0.05) is 6.92 Å². The fourth-order valence-corrected chi connectivity index (χ4v) is 2.18. The molecule has 0 aliphatic heterocycles. The zero-order valence-corrected chi connectivity index (χ0v) is 11.8. The number of aryl methyl sites for hydroxylation is 1. The van der Waals surface area contributed by atoms with E-state index >= 15 is 0 Å². The lowest BCUT2D eigenvalue weighted by Crippen LogP contribution is -2.33. The number of nitrogens with zero attached hydrogens (tertiary/aromatic N) is 5. The van der Waals surface area contributed by atoms with E-state index in [2.05, 4.69) is 15.1 Å². The zero-order chi connectivity index (χ0) is 14.5. The fourth-order valence-electron chi connectivity index (χ4n) is 2.18. The van der Waals surface area contributed by atoms with E-state index < -0.39 is 0 Å². The number of rotatable bonds is 6. The summed E-state index contributed by atoms with van der Waals surface area (Å²) in [5, 5.41) is 13.0. The van der Waals surface area contributed by atoms with Gasteiger partial charge in [-0.05, 0) is 19.8 Å². The normalized spacial score (nSPS) is 10.9. The van der Waals surface area contributed by atoms with Crippen LogP contribution in [0, 0.1) is 0 Å². The molecule has 1 N–H and O–H groups in total. The number of carbonyl (C=O) groups is 1. The minimum absolute atomic E-state index is 0.0742. The van der Waals surface area contributed by atoms with Crippen LogP contribution in [0.1, 0.15) is 36.3 Å². The summed E-state index contributed by atoms with van der Waals surface area (Å²) in [6.45, 7) is 5.09. The van der Waals surface area contributed by atoms with Gasteiger partial charge in [-0.15, -0.1) is 0 Å². The van der Waals surface area contributed by atoms with Crippen molar-refractivity contribution in [2.75, 3.05) is 19.7 Å². The Morgan fingerprint density at radius 1 is 1.40 bits per heavy atom.